The first-order chi connectivity index (χ1) is 8.79. The highest BCUT2D eigenvalue weighted by Gasteiger charge is 2.18. The largest absolute Gasteiger partial charge is 0.494 e. The quantitative estimate of drug-likeness (QED) is 0.869. The van der Waals surface area contributed by atoms with Crippen molar-refractivity contribution in [3.05, 3.63) is 29.8 Å². The van der Waals surface area contributed by atoms with Gasteiger partial charge in [0.1, 0.15) is 5.75 Å². The fourth-order valence-electron chi connectivity index (χ4n) is 2.54. The monoisotopic (exact) mass is 248 g/mol. The first kappa shape index (κ1) is 13.4. The van der Waals surface area contributed by atoms with Crippen LogP contribution in [0.3, 0.4) is 0 Å². The van der Waals surface area contributed by atoms with E-state index in [1.54, 1.807) is 0 Å². The van der Waals surface area contributed by atoms with Gasteiger partial charge in [-0.1, -0.05) is 18.6 Å². The molecule has 0 saturated carbocycles. The molecule has 1 fully saturated rings. The minimum Gasteiger partial charge on any atom is -0.494 e. The van der Waals surface area contributed by atoms with Gasteiger partial charge in [-0.15, -0.1) is 0 Å². The van der Waals surface area contributed by atoms with Crippen LogP contribution in [-0.2, 0) is 6.54 Å². The second-order valence-corrected chi connectivity index (χ2v) is 5.12. The van der Waals surface area contributed by atoms with Crippen LogP contribution in [0.25, 0.3) is 0 Å². The number of nitrogens with zero attached hydrogens (tertiary/aromatic N) is 1. The second kappa shape index (κ2) is 6.76. The van der Waals surface area contributed by atoms with E-state index in [0.717, 1.165) is 24.3 Å². The van der Waals surface area contributed by atoms with Crippen LogP contribution in [0, 0.1) is 0 Å². The molecule has 1 aromatic carbocycles. The summed E-state index contributed by atoms with van der Waals surface area (Å²) >= 11 is 0. The lowest BCUT2D eigenvalue weighted by Crippen LogP contribution is -2.37. The van der Waals surface area contributed by atoms with Crippen molar-refractivity contribution in [1.82, 2.24) is 4.90 Å². The molecule has 0 bridgehead atoms. The molecule has 2 rings (SSSR count). The molecule has 3 nitrogen and oxygen atoms in total. The molecule has 1 heterocycles. The summed E-state index contributed by atoms with van der Waals surface area (Å²) in [4.78, 5) is 2.46. The number of nitrogens with two attached hydrogens (primary N) is 1. The molecular weight excluding hydrogens is 224 g/mol. The Bertz CT molecular complexity index is 350. The molecule has 1 atom stereocenters. The third-order valence-corrected chi connectivity index (χ3v) is 3.80. The van der Waals surface area contributed by atoms with E-state index in [4.69, 9.17) is 10.5 Å². The van der Waals surface area contributed by atoms with Crippen molar-refractivity contribution in [1.29, 1.82) is 0 Å². The third kappa shape index (κ3) is 3.72. The summed E-state index contributed by atoms with van der Waals surface area (Å²) in [5, 5.41) is 0. The molecule has 1 aliphatic heterocycles. The molecular formula is C15H24N2O. The molecule has 0 spiro atoms. The predicted molar refractivity (Wildman–Crippen MR) is 74.7 cm³/mol. The Morgan fingerprint density at radius 1 is 1.28 bits per heavy atom. The number of piperidine rings is 1. The Labute approximate surface area is 110 Å². The molecule has 2 N–H and O–H groups in total. The van der Waals surface area contributed by atoms with Gasteiger partial charge in [0, 0.05) is 12.6 Å². The zero-order valence-electron chi connectivity index (χ0n) is 11.3. The summed E-state index contributed by atoms with van der Waals surface area (Å²) in [6, 6.07) is 8.77. The van der Waals surface area contributed by atoms with E-state index in [2.05, 4.69) is 11.9 Å². The van der Waals surface area contributed by atoms with Crippen LogP contribution in [-0.4, -0.2) is 31.1 Å². The number of ether oxygens (including phenoxy) is 1. The Morgan fingerprint density at radius 3 is 2.72 bits per heavy atom. The molecule has 100 valence electrons. The number of benzene rings is 1. The first-order valence-electron chi connectivity index (χ1n) is 6.91. The Morgan fingerprint density at radius 2 is 2.06 bits per heavy atom. The first-order valence-corrected chi connectivity index (χ1v) is 6.91. The van der Waals surface area contributed by atoms with Crippen LogP contribution >= 0.6 is 0 Å². The van der Waals surface area contributed by atoms with Crippen LogP contribution in [0.15, 0.2) is 24.3 Å². The van der Waals surface area contributed by atoms with Crippen LogP contribution < -0.4 is 10.5 Å². The molecule has 1 aliphatic rings. The summed E-state index contributed by atoms with van der Waals surface area (Å²) in [6.45, 7) is 2.62. The van der Waals surface area contributed by atoms with Gasteiger partial charge in [0.05, 0.1) is 6.61 Å². The third-order valence-electron chi connectivity index (χ3n) is 3.80. The second-order valence-electron chi connectivity index (χ2n) is 5.12. The van der Waals surface area contributed by atoms with Gasteiger partial charge in [-0.05, 0) is 50.6 Å². The summed E-state index contributed by atoms with van der Waals surface area (Å²) in [5.41, 5.74) is 6.71. The molecule has 3 heteroatoms. The fraction of sp³-hybridized carbons (Fsp3) is 0.600. The van der Waals surface area contributed by atoms with E-state index < -0.39 is 0 Å². The highest BCUT2D eigenvalue weighted by molar-refractivity contribution is 5.27. The van der Waals surface area contributed by atoms with E-state index >= 15 is 0 Å². The Hall–Kier alpha value is -1.06. The zero-order chi connectivity index (χ0) is 12.8. The lowest BCUT2D eigenvalue weighted by molar-refractivity contribution is 0.153. The number of likely N-dealkylation sites (tertiary alicyclic amines) is 1. The number of hydrogen-bond donors (Lipinski definition) is 1. The highest BCUT2D eigenvalue weighted by Crippen LogP contribution is 2.18. The van der Waals surface area contributed by atoms with E-state index in [1.165, 1.54) is 25.8 Å². The molecule has 0 amide bonds. The van der Waals surface area contributed by atoms with Gasteiger partial charge in [0.15, 0.2) is 0 Å². The van der Waals surface area contributed by atoms with Crippen LogP contribution in [0.4, 0.5) is 0 Å². The van der Waals surface area contributed by atoms with Gasteiger partial charge >= 0.3 is 0 Å². The minimum absolute atomic E-state index is 0.590. The molecule has 1 saturated heterocycles. The highest BCUT2D eigenvalue weighted by atomic mass is 16.5. The van der Waals surface area contributed by atoms with Crippen molar-refractivity contribution in [3.8, 4) is 5.75 Å². The van der Waals surface area contributed by atoms with E-state index in [-0.39, 0.29) is 0 Å². The van der Waals surface area contributed by atoms with Gasteiger partial charge in [0.25, 0.3) is 0 Å². The molecule has 0 radical (unpaired) electrons. The number of rotatable bonds is 5. The normalized spacial score (nSPS) is 20.9. The summed E-state index contributed by atoms with van der Waals surface area (Å²) < 4.78 is 5.79. The molecule has 18 heavy (non-hydrogen) atoms. The van der Waals surface area contributed by atoms with Crippen molar-refractivity contribution < 1.29 is 4.74 Å². The van der Waals surface area contributed by atoms with E-state index in [9.17, 15) is 0 Å². The van der Waals surface area contributed by atoms with Crippen molar-refractivity contribution in [2.75, 3.05) is 20.2 Å². The lowest BCUT2D eigenvalue weighted by atomic mass is 10.0. The predicted octanol–water partition coefficient (Wildman–Crippen LogP) is 2.40. The molecule has 1 aromatic rings. The lowest BCUT2D eigenvalue weighted by Gasteiger charge is -2.32. The van der Waals surface area contributed by atoms with Crippen LogP contribution in [0.2, 0.25) is 0 Å². The van der Waals surface area contributed by atoms with Gasteiger partial charge < -0.3 is 15.4 Å². The summed E-state index contributed by atoms with van der Waals surface area (Å²) in [6.07, 6.45) is 5.13. The van der Waals surface area contributed by atoms with Crippen molar-refractivity contribution in [2.45, 2.75) is 38.3 Å². The maximum absolute atomic E-state index is 5.79. The summed E-state index contributed by atoms with van der Waals surface area (Å²) in [5.74, 6) is 0.950. The fourth-order valence-corrected chi connectivity index (χ4v) is 2.54. The van der Waals surface area contributed by atoms with E-state index in [0.29, 0.717) is 12.6 Å². The van der Waals surface area contributed by atoms with E-state index in [1.807, 2.05) is 24.3 Å². The Kier molecular flexibility index (Phi) is 5.02. The molecule has 0 aliphatic carbocycles. The smallest absolute Gasteiger partial charge is 0.119 e. The standard InChI is InChI=1S/C15H24N2O/c1-17-10-3-2-4-14(17)9-11-18-15-7-5-13(12-16)6-8-15/h5-8,14H,2-4,9-12,16H2,1H3. The van der Waals surface area contributed by atoms with Gasteiger partial charge in [-0.25, -0.2) is 0 Å². The van der Waals surface area contributed by atoms with Crippen molar-refractivity contribution >= 4 is 0 Å². The molecule has 0 aromatic heterocycles. The Balaban J connectivity index is 1.73. The van der Waals surface area contributed by atoms with Gasteiger partial charge in [-0.2, -0.15) is 0 Å². The zero-order valence-corrected chi connectivity index (χ0v) is 11.3. The van der Waals surface area contributed by atoms with Crippen LogP contribution in [0.1, 0.15) is 31.2 Å². The van der Waals surface area contributed by atoms with Gasteiger partial charge in [0.2, 0.25) is 0 Å². The summed E-state index contributed by atoms with van der Waals surface area (Å²) in [7, 11) is 2.22. The van der Waals surface area contributed by atoms with Crippen LogP contribution in [0.5, 0.6) is 5.75 Å². The SMILES string of the molecule is CN1CCCCC1CCOc1ccc(CN)cc1. The minimum atomic E-state index is 0.590. The van der Waals surface area contributed by atoms with Crippen molar-refractivity contribution in [3.63, 3.8) is 0 Å². The molecule has 1 unspecified atom stereocenters. The van der Waals surface area contributed by atoms with Crippen molar-refractivity contribution in [2.24, 2.45) is 5.73 Å². The average molecular weight is 248 g/mol. The maximum atomic E-state index is 5.79. The number of hydrogen-bond acceptors (Lipinski definition) is 3. The van der Waals surface area contributed by atoms with Gasteiger partial charge in [-0.3, -0.25) is 0 Å². The average Bonchev–Trinajstić information content (AvgIpc) is 2.42. The topological polar surface area (TPSA) is 38.5 Å². The maximum Gasteiger partial charge on any atom is 0.119 e.